The Bertz CT molecular complexity index is 3070. The van der Waals surface area contributed by atoms with Crippen LogP contribution >= 0.6 is 0 Å². The smallest absolute Gasteiger partial charge is 0.161 e. The fourth-order valence-electron chi connectivity index (χ4n) is 8.68. The third-order valence-corrected chi connectivity index (χ3v) is 11.3. The van der Waals surface area contributed by atoms with Gasteiger partial charge in [-0.1, -0.05) is 164 Å². The zero-order valence-electron chi connectivity index (χ0n) is 30.8. The zero-order chi connectivity index (χ0) is 37.8. The van der Waals surface area contributed by atoms with Crippen molar-refractivity contribution in [1.29, 1.82) is 0 Å². The average Bonchev–Trinajstić information content (AvgIpc) is 3.67. The summed E-state index contributed by atoms with van der Waals surface area (Å²) in [5, 5.41) is 2.19. The van der Waals surface area contributed by atoms with Crippen LogP contribution in [0.25, 0.3) is 67.0 Å². The first-order valence-electron chi connectivity index (χ1n) is 19.2. The molecule has 57 heavy (non-hydrogen) atoms. The number of fused-ring (bicyclic) bond motifs is 5. The zero-order valence-corrected chi connectivity index (χ0v) is 30.8. The standard InChI is InChI=1S/C53H34N2O2/c1-3-16-35(17-4-1)46-34-47(37-30-31-42-41-23-9-12-27-48(41)56-51(42)33-37)55-52(54-46)43-24-8-7-22-40(43)36-18-15-21-39(32-36)53(38-19-5-2-6-20-38)44-25-10-13-28-49(44)57-50-29-14-11-26-45(50)53/h1-34H. The van der Waals surface area contributed by atoms with Gasteiger partial charge in [0.2, 0.25) is 0 Å². The molecule has 11 rings (SSSR count). The number of nitrogens with zero attached hydrogens (tertiary/aromatic N) is 2. The summed E-state index contributed by atoms with van der Waals surface area (Å²) in [5.74, 6) is 2.35. The van der Waals surface area contributed by atoms with Crippen molar-refractivity contribution in [3.8, 4) is 56.5 Å². The van der Waals surface area contributed by atoms with Crippen LogP contribution in [0.3, 0.4) is 0 Å². The quantitative estimate of drug-likeness (QED) is 0.171. The van der Waals surface area contributed by atoms with Crippen LogP contribution < -0.4 is 4.74 Å². The Labute approximate surface area is 330 Å². The Kier molecular flexibility index (Phi) is 7.68. The summed E-state index contributed by atoms with van der Waals surface area (Å²) in [5.41, 5.74) is 12.3. The lowest BCUT2D eigenvalue weighted by atomic mass is 9.63. The molecule has 3 heterocycles. The van der Waals surface area contributed by atoms with Crippen LogP contribution in [0.4, 0.5) is 0 Å². The molecule has 4 nitrogen and oxygen atoms in total. The van der Waals surface area contributed by atoms with Crippen molar-refractivity contribution in [1.82, 2.24) is 9.97 Å². The maximum atomic E-state index is 6.58. The second-order valence-electron chi connectivity index (χ2n) is 14.5. The summed E-state index contributed by atoms with van der Waals surface area (Å²) < 4.78 is 12.9. The van der Waals surface area contributed by atoms with Gasteiger partial charge in [0.25, 0.3) is 0 Å². The monoisotopic (exact) mass is 730 g/mol. The summed E-state index contributed by atoms with van der Waals surface area (Å²) in [4.78, 5) is 10.6. The highest BCUT2D eigenvalue weighted by Gasteiger charge is 2.45. The fourth-order valence-corrected chi connectivity index (χ4v) is 8.68. The highest BCUT2D eigenvalue weighted by Crippen LogP contribution is 2.55. The van der Waals surface area contributed by atoms with Crippen molar-refractivity contribution in [3.05, 3.63) is 229 Å². The predicted molar refractivity (Wildman–Crippen MR) is 229 cm³/mol. The lowest BCUT2D eigenvalue weighted by Crippen LogP contribution is -2.34. The summed E-state index contributed by atoms with van der Waals surface area (Å²) in [6.45, 7) is 0. The van der Waals surface area contributed by atoms with Gasteiger partial charge in [0.1, 0.15) is 22.7 Å². The topological polar surface area (TPSA) is 48.2 Å². The number of para-hydroxylation sites is 3. The summed E-state index contributed by atoms with van der Waals surface area (Å²) in [7, 11) is 0. The SMILES string of the molecule is c1ccc(-c2cc(-c3ccc4c(c3)oc3ccccc34)nc(-c3ccccc3-c3cccc(C4(c5ccccc5)c5ccccc5Oc5ccccc54)c3)n2)cc1. The number of benzene rings is 8. The first kappa shape index (κ1) is 32.8. The molecule has 1 aliphatic heterocycles. The molecule has 0 fully saturated rings. The molecule has 0 atom stereocenters. The van der Waals surface area contributed by atoms with Gasteiger partial charge in [-0.25, -0.2) is 9.97 Å². The molecule has 1 aliphatic rings. The summed E-state index contributed by atoms with van der Waals surface area (Å²) in [6, 6.07) is 71.9. The Morgan fingerprint density at radius 2 is 0.947 bits per heavy atom. The van der Waals surface area contributed by atoms with Crippen molar-refractivity contribution in [2.75, 3.05) is 0 Å². The Morgan fingerprint density at radius 3 is 1.72 bits per heavy atom. The molecular weight excluding hydrogens is 697 g/mol. The second kappa shape index (κ2) is 13.3. The van der Waals surface area contributed by atoms with E-state index in [1.807, 2.05) is 48.5 Å². The molecule has 0 amide bonds. The van der Waals surface area contributed by atoms with Crippen LogP contribution in [0, 0.1) is 0 Å². The van der Waals surface area contributed by atoms with Gasteiger partial charge < -0.3 is 9.15 Å². The van der Waals surface area contributed by atoms with Gasteiger partial charge in [-0.3, -0.25) is 0 Å². The van der Waals surface area contributed by atoms with Gasteiger partial charge >= 0.3 is 0 Å². The third-order valence-electron chi connectivity index (χ3n) is 11.3. The van der Waals surface area contributed by atoms with Gasteiger partial charge in [-0.2, -0.15) is 0 Å². The third kappa shape index (κ3) is 5.37. The minimum Gasteiger partial charge on any atom is -0.457 e. The lowest BCUT2D eigenvalue weighted by molar-refractivity contribution is 0.434. The molecule has 268 valence electrons. The molecular formula is C53H34N2O2. The molecule has 10 aromatic rings. The van der Waals surface area contributed by atoms with Crippen LogP contribution in [0.5, 0.6) is 11.5 Å². The van der Waals surface area contributed by atoms with Crippen molar-refractivity contribution >= 4 is 21.9 Å². The Balaban J connectivity index is 1.11. The van der Waals surface area contributed by atoms with Crippen LogP contribution in [-0.4, -0.2) is 9.97 Å². The number of rotatable bonds is 6. The number of aromatic nitrogens is 2. The Morgan fingerprint density at radius 1 is 0.368 bits per heavy atom. The molecule has 8 aromatic carbocycles. The summed E-state index contributed by atoms with van der Waals surface area (Å²) in [6.07, 6.45) is 0. The maximum Gasteiger partial charge on any atom is 0.161 e. The number of hydrogen-bond acceptors (Lipinski definition) is 4. The molecule has 0 saturated heterocycles. The predicted octanol–water partition coefficient (Wildman–Crippen LogP) is 13.5. The van der Waals surface area contributed by atoms with Gasteiger partial charge in [0.05, 0.1) is 16.8 Å². The molecule has 0 unspecified atom stereocenters. The molecule has 0 spiro atoms. The average molecular weight is 731 g/mol. The van der Waals surface area contributed by atoms with Crippen LogP contribution in [0.15, 0.2) is 211 Å². The van der Waals surface area contributed by atoms with Gasteiger partial charge in [0, 0.05) is 38.6 Å². The first-order valence-corrected chi connectivity index (χ1v) is 19.2. The minimum absolute atomic E-state index is 0.635. The molecule has 0 N–H and O–H groups in total. The van der Waals surface area contributed by atoms with Gasteiger partial charge in [-0.05, 0) is 64.7 Å². The van der Waals surface area contributed by atoms with Crippen molar-refractivity contribution in [2.45, 2.75) is 5.41 Å². The molecule has 0 bridgehead atoms. The van der Waals surface area contributed by atoms with E-state index in [0.717, 1.165) is 89.3 Å². The molecule has 4 heteroatoms. The van der Waals surface area contributed by atoms with Gasteiger partial charge in [0.15, 0.2) is 5.82 Å². The highest BCUT2D eigenvalue weighted by molar-refractivity contribution is 6.05. The van der Waals surface area contributed by atoms with Crippen molar-refractivity contribution < 1.29 is 9.15 Å². The van der Waals surface area contributed by atoms with E-state index in [2.05, 4.69) is 158 Å². The fraction of sp³-hybridized carbons (Fsp3) is 0.0189. The van der Waals surface area contributed by atoms with E-state index in [0.29, 0.717) is 5.82 Å². The van der Waals surface area contributed by atoms with Crippen molar-refractivity contribution in [3.63, 3.8) is 0 Å². The molecule has 0 radical (unpaired) electrons. The van der Waals surface area contributed by atoms with Crippen LogP contribution in [0.1, 0.15) is 22.3 Å². The van der Waals surface area contributed by atoms with Crippen molar-refractivity contribution in [2.24, 2.45) is 0 Å². The molecule has 2 aromatic heterocycles. The number of furan rings is 1. The van der Waals surface area contributed by atoms with Crippen LogP contribution in [-0.2, 0) is 5.41 Å². The summed E-state index contributed by atoms with van der Waals surface area (Å²) >= 11 is 0. The van der Waals surface area contributed by atoms with E-state index in [1.54, 1.807) is 0 Å². The van der Waals surface area contributed by atoms with Crippen LogP contribution in [0.2, 0.25) is 0 Å². The molecule has 0 saturated carbocycles. The van der Waals surface area contributed by atoms with E-state index in [-0.39, 0.29) is 0 Å². The molecule has 0 aliphatic carbocycles. The minimum atomic E-state index is -0.635. The number of ether oxygens (including phenoxy) is 1. The second-order valence-corrected chi connectivity index (χ2v) is 14.5. The lowest BCUT2D eigenvalue weighted by Gasteiger charge is -2.41. The highest BCUT2D eigenvalue weighted by atomic mass is 16.5. The maximum absolute atomic E-state index is 6.58. The normalized spacial score (nSPS) is 12.8. The van der Waals surface area contributed by atoms with E-state index < -0.39 is 5.41 Å². The van der Waals surface area contributed by atoms with E-state index >= 15 is 0 Å². The van der Waals surface area contributed by atoms with E-state index in [9.17, 15) is 0 Å². The van der Waals surface area contributed by atoms with Gasteiger partial charge in [-0.15, -0.1) is 0 Å². The van der Waals surface area contributed by atoms with E-state index in [4.69, 9.17) is 19.1 Å². The first-order chi connectivity index (χ1) is 28.2. The van der Waals surface area contributed by atoms with E-state index in [1.165, 1.54) is 5.56 Å². The largest absolute Gasteiger partial charge is 0.457 e. The Hall–Kier alpha value is -7.56. The number of hydrogen-bond donors (Lipinski definition) is 0.